The highest BCUT2D eigenvalue weighted by Gasteiger charge is 2.30. The van der Waals surface area contributed by atoms with E-state index in [2.05, 4.69) is 17.4 Å². The summed E-state index contributed by atoms with van der Waals surface area (Å²) in [5.41, 5.74) is 4.34. The SMILES string of the molecule is FC(F)(F)c1ccc(-c2nn(Cc3ccccc3)c3c2CCNCC3)cc1. The van der Waals surface area contributed by atoms with Crippen LogP contribution in [0.25, 0.3) is 11.3 Å². The Labute approximate surface area is 155 Å². The van der Waals surface area contributed by atoms with Gasteiger partial charge in [-0.1, -0.05) is 42.5 Å². The molecule has 1 aliphatic rings. The first-order chi connectivity index (χ1) is 13.0. The van der Waals surface area contributed by atoms with Gasteiger partial charge in [0.05, 0.1) is 17.8 Å². The van der Waals surface area contributed by atoms with Crippen LogP contribution in [0.15, 0.2) is 54.6 Å². The molecule has 0 fully saturated rings. The molecular weight excluding hydrogens is 351 g/mol. The van der Waals surface area contributed by atoms with Crippen molar-refractivity contribution in [1.82, 2.24) is 15.1 Å². The van der Waals surface area contributed by atoms with E-state index >= 15 is 0 Å². The third-order valence-corrected chi connectivity index (χ3v) is 4.92. The Kier molecular flexibility index (Phi) is 4.74. The molecule has 3 aromatic rings. The van der Waals surface area contributed by atoms with Crippen LogP contribution in [0.2, 0.25) is 0 Å². The first kappa shape index (κ1) is 17.8. The summed E-state index contributed by atoms with van der Waals surface area (Å²) in [6.45, 7) is 2.38. The van der Waals surface area contributed by atoms with Crippen molar-refractivity contribution in [2.75, 3.05) is 13.1 Å². The lowest BCUT2D eigenvalue weighted by atomic mass is 10.0. The maximum absolute atomic E-state index is 12.9. The zero-order valence-corrected chi connectivity index (χ0v) is 14.8. The van der Waals surface area contributed by atoms with Gasteiger partial charge in [-0.3, -0.25) is 4.68 Å². The zero-order chi connectivity index (χ0) is 18.9. The van der Waals surface area contributed by atoms with Crippen molar-refractivity contribution in [3.63, 3.8) is 0 Å². The lowest BCUT2D eigenvalue weighted by Crippen LogP contribution is -2.17. The molecule has 0 atom stereocenters. The Morgan fingerprint density at radius 2 is 1.63 bits per heavy atom. The minimum absolute atomic E-state index is 0.636. The van der Waals surface area contributed by atoms with Crippen molar-refractivity contribution < 1.29 is 13.2 Å². The van der Waals surface area contributed by atoms with Gasteiger partial charge < -0.3 is 5.32 Å². The molecular formula is C21H20F3N3. The van der Waals surface area contributed by atoms with Crippen molar-refractivity contribution in [3.05, 3.63) is 77.0 Å². The summed E-state index contributed by atoms with van der Waals surface area (Å²) in [7, 11) is 0. The summed E-state index contributed by atoms with van der Waals surface area (Å²) < 4.78 is 40.6. The molecule has 0 radical (unpaired) electrons. The van der Waals surface area contributed by atoms with Crippen molar-refractivity contribution in [3.8, 4) is 11.3 Å². The van der Waals surface area contributed by atoms with Gasteiger partial charge in [0.15, 0.2) is 0 Å². The summed E-state index contributed by atoms with van der Waals surface area (Å²) in [6, 6.07) is 15.4. The maximum Gasteiger partial charge on any atom is 0.416 e. The average molecular weight is 371 g/mol. The molecule has 0 spiro atoms. The normalized spacial score (nSPS) is 14.6. The van der Waals surface area contributed by atoms with Gasteiger partial charge in [-0.2, -0.15) is 18.3 Å². The molecule has 27 heavy (non-hydrogen) atoms. The number of alkyl halides is 3. The van der Waals surface area contributed by atoms with Crippen molar-refractivity contribution >= 4 is 0 Å². The van der Waals surface area contributed by atoms with Gasteiger partial charge in [-0.15, -0.1) is 0 Å². The Balaban J connectivity index is 1.74. The Morgan fingerprint density at radius 3 is 2.33 bits per heavy atom. The summed E-state index contributed by atoms with van der Waals surface area (Å²) in [5.74, 6) is 0. The average Bonchev–Trinajstić information content (AvgIpc) is 2.83. The molecule has 2 heterocycles. The van der Waals surface area contributed by atoms with E-state index in [0.29, 0.717) is 6.54 Å². The number of nitrogens with one attached hydrogen (secondary N) is 1. The van der Waals surface area contributed by atoms with Crippen LogP contribution in [0.3, 0.4) is 0 Å². The van der Waals surface area contributed by atoms with Gasteiger partial charge in [0.25, 0.3) is 0 Å². The lowest BCUT2D eigenvalue weighted by molar-refractivity contribution is -0.137. The quantitative estimate of drug-likeness (QED) is 0.744. The number of rotatable bonds is 3. The predicted molar refractivity (Wildman–Crippen MR) is 98.5 cm³/mol. The van der Waals surface area contributed by atoms with Crippen LogP contribution in [0.4, 0.5) is 13.2 Å². The fourth-order valence-corrected chi connectivity index (χ4v) is 3.56. The lowest BCUT2D eigenvalue weighted by Gasteiger charge is -2.07. The Bertz CT molecular complexity index is 912. The van der Waals surface area contributed by atoms with Crippen LogP contribution < -0.4 is 5.32 Å². The Hall–Kier alpha value is -2.60. The van der Waals surface area contributed by atoms with Gasteiger partial charge in [0.2, 0.25) is 0 Å². The van der Waals surface area contributed by atoms with E-state index in [9.17, 15) is 13.2 Å². The largest absolute Gasteiger partial charge is 0.416 e. The van der Waals surface area contributed by atoms with E-state index in [-0.39, 0.29) is 0 Å². The molecule has 0 unspecified atom stereocenters. The molecule has 4 rings (SSSR count). The number of hydrogen-bond donors (Lipinski definition) is 1. The van der Waals surface area contributed by atoms with E-state index in [0.717, 1.165) is 60.4 Å². The fraction of sp³-hybridized carbons (Fsp3) is 0.286. The van der Waals surface area contributed by atoms with Gasteiger partial charge in [0.1, 0.15) is 0 Å². The third-order valence-electron chi connectivity index (χ3n) is 4.92. The molecule has 0 amide bonds. The summed E-state index contributed by atoms with van der Waals surface area (Å²) >= 11 is 0. The zero-order valence-electron chi connectivity index (χ0n) is 14.8. The van der Waals surface area contributed by atoms with Gasteiger partial charge in [0, 0.05) is 29.8 Å². The molecule has 2 aromatic carbocycles. The molecule has 1 aromatic heterocycles. The first-order valence-electron chi connectivity index (χ1n) is 9.03. The number of hydrogen-bond acceptors (Lipinski definition) is 2. The van der Waals surface area contributed by atoms with Gasteiger partial charge in [-0.25, -0.2) is 0 Å². The second-order valence-electron chi connectivity index (χ2n) is 6.74. The van der Waals surface area contributed by atoms with Gasteiger partial charge in [-0.05, 0) is 30.7 Å². The van der Waals surface area contributed by atoms with Crippen LogP contribution in [-0.2, 0) is 25.6 Å². The van der Waals surface area contributed by atoms with E-state index in [1.54, 1.807) is 0 Å². The highest BCUT2D eigenvalue weighted by atomic mass is 19.4. The molecule has 6 heteroatoms. The molecule has 140 valence electrons. The van der Waals surface area contributed by atoms with Crippen LogP contribution in [0, 0.1) is 0 Å². The minimum Gasteiger partial charge on any atom is -0.316 e. The van der Waals surface area contributed by atoms with Crippen LogP contribution in [-0.4, -0.2) is 22.9 Å². The molecule has 1 N–H and O–H groups in total. The topological polar surface area (TPSA) is 29.9 Å². The Morgan fingerprint density at radius 1 is 0.926 bits per heavy atom. The number of halogens is 3. The summed E-state index contributed by atoms with van der Waals surface area (Å²) in [4.78, 5) is 0. The van der Waals surface area contributed by atoms with Crippen molar-refractivity contribution in [2.24, 2.45) is 0 Å². The maximum atomic E-state index is 12.9. The molecule has 1 aliphatic heterocycles. The number of benzene rings is 2. The van der Waals surface area contributed by atoms with E-state index < -0.39 is 11.7 Å². The number of aromatic nitrogens is 2. The first-order valence-corrected chi connectivity index (χ1v) is 9.03. The summed E-state index contributed by atoms with van der Waals surface area (Å²) in [6.07, 6.45) is -2.65. The van der Waals surface area contributed by atoms with Crippen LogP contribution in [0.1, 0.15) is 22.4 Å². The van der Waals surface area contributed by atoms with Crippen molar-refractivity contribution in [1.29, 1.82) is 0 Å². The molecule has 3 nitrogen and oxygen atoms in total. The smallest absolute Gasteiger partial charge is 0.316 e. The van der Waals surface area contributed by atoms with E-state index in [4.69, 9.17) is 5.10 Å². The monoisotopic (exact) mass is 371 g/mol. The van der Waals surface area contributed by atoms with E-state index in [1.807, 2.05) is 22.9 Å². The molecule has 0 aliphatic carbocycles. The number of fused-ring (bicyclic) bond motifs is 1. The van der Waals surface area contributed by atoms with E-state index in [1.165, 1.54) is 17.8 Å². The minimum atomic E-state index is -4.33. The predicted octanol–water partition coefficient (Wildman–Crippen LogP) is 4.31. The van der Waals surface area contributed by atoms with Crippen molar-refractivity contribution in [2.45, 2.75) is 25.6 Å². The third kappa shape index (κ3) is 3.76. The highest BCUT2D eigenvalue weighted by molar-refractivity contribution is 5.65. The second kappa shape index (κ2) is 7.19. The molecule has 0 saturated carbocycles. The van der Waals surface area contributed by atoms with Gasteiger partial charge >= 0.3 is 6.18 Å². The standard InChI is InChI=1S/C21H20F3N3/c22-21(23,24)17-8-6-16(7-9-17)20-18-10-12-25-13-11-19(18)27(26-20)14-15-4-2-1-3-5-15/h1-9,25H,10-14H2. The second-order valence-corrected chi connectivity index (χ2v) is 6.74. The number of nitrogens with zero attached hydrogens (tertiary/aromatic N) is 2. The highest BCUT2D eigenvalue weighted by Crippen LogP contribution is 2.33. The summed E-state index contributed by atoms with van der Waals surface area (Å²) in [5, 5.41) is 8.19. The van der Waals surface area contributed by atoms with Crippen LogP contribution >= 0.6 is 0 Å². The molecule has 0 bridgehead atoms. The molecule has 0 saturated heterocycles. The van der Waals surface area contributed by atoms with Crippen LogP contribution in [0.5, 0.6) is 0 Å². The fourth-order valence-electron chi connectivity index (χ4n) is 3.56.